The lowest BCUT2D eigenvalue weighted by Gasteiger charge is -2.23. The molecular formula is C14H17NO4S. The van der Waals surface area contributed by atoms with Crippen LogP contribution in [0.2, 0.25) is 0 Å². The molecule has 1 aromatic rings. The van der Waals surface area contributed by atoms with Gasteiger partial charge in [-0.25, -0.2) is 0 Å². The Morgan fingerprint density at radius 2 is 2.10 bits per heavy atom. The third kappa shape index (κ3) is 3.25. The average Bonchev–Trinajstić information content (AvgIpc) is 2.81. The van der Waals surface area contributed by atoms with E-state index in [0.29, 0.717) is 12.4 Å². The number of benzene rings is 1. The van der Waals surface area contributed by atoms with E-state index in [1.807, 2.05) is 24.3 Å². The molecule has 0 saturated carbocycles. The fraction of sp³-hybridized carbons (Fsp3) is 0.429. The zero-order valence-corrected chi connectivity index (χ0v) is 12.3. The molecule has 1 heterocycles. The van der Waals surface area contributed by atoms with Crippen LogP contribution in [0.4, 0.5) is 0 Å². The average molecular weight is 295 g/mol. The van der Waals surface area contributed by atoms with Crippen molar-refractivity contribution in [2.75, 3.05) is 26.0 Å². The van der Waals surface area contributed by atoms with Crippen LogP contribution in [0.3, 0.4) is 0 Å². The molecule has 0 bridgehead atoms. The molecule has 108 valence electrons. The van der Waals surface area contributed by atoms with Crippen LogP contribution in [-0.4, -0.2) is 42.8 Å². The number of amides is 1. The highest BCUT2D eigenvalue weighted by atomic mass is 32.2. The standard InChI is InChI=1S/C14H17NO4S/c1-3-19-13(17)8-15-12(16)9-20-14(15)10-4-6-11(18-2)7-5-10/h4-7,14H,3,8-9H2,1-2H3. The number of carbonyl (C=O) groups excluding carboxylic acids is 2. The molecular weight excluding hydrogens is 278 g/mol. The number of ether oxygens (including phenoxy) is 2. The third-order valence-corrected chi connectivity index (χ3v) is 4.23. The number of hydrogen-bond donors (Lipinski definition) is 0. The Hall–Kier alpha value is -1.69. The maximum absolute atomic E-state index is 11.9. The molecule has 0 aromatic heterocycles. The summed E-state index contributed by atoms with van der Waals surface area (Å²) in [5.41, 5.74) is 0.978. The second-order valence-electron chi connectivity index (χ2n) is 4.26. The smallest absolute Gasteiger partial charge is 0.325 e. The highest BCUT2D eigenvalue weighted by Gasteiger charge is 2.34. The fourth-order valence-electron chi connectivity index (χ4n) is 2.02. The highest BCUT2D eigenvalue weighted by Crippen LogP contribution is 2.38. The van der Waals surface area contributed by atoms with Crippen LogP contribution < -0.4 is 4.74 Å². The second-order valence-corrected chi connectivity index (χ2v) is 5.33. The summed E-state index contributed by atoms with van der Waals surface area (Å²) in [5.74, 6) is 0.738. The lowest BCUT2D eigenvalue weighted by Crippen LogP contribution is -2.34. The molecule has 1 fully saturated rings. The van der Waals surface area contributed by atoms with E-state index < -0.39 is 0 Å². The second kappa shape index (κ2) is 6.65. The van der Waals surface area contributed by atoms with E-state index in [9.17, 15) is 9.59 Å². The number of esters is 1. The minimum Gasteiger partial charge on any atom is -0.497 e. The first-order chi connectivity index (χ1) is 9.65. The molecule has 1 aliphatic rings. The van der Waals surface area contributed by atoms with Crippen molar-refractivity contribution in [2.45, 2.75) is 12.3 Å². The molecule has 0 radical (unpaired) electrons. The third-order valence-electron chi connectivity index (χ3n) is 2.97. The summed E-state index contributed by atoms with van der Waals surface area (Å²) < 4.78 is 10.0. The Balaban J connectivity index is 2.12. The SMILES string of the molecule is CCOC(=O)CN1C(=O)CSC1c1ccc(OC)cc1. The zero-order valence-electron chi connectivity index (χ0n) is 11.5. The van der Waals surface area contributed by atoms with Gasteiger partial charge in [0.1, 0.15) is 17.7 Å². The minimum absolute atomic E-state index is 0.00360. The maximum atomic E-state index is 11.9. The van der Waals surface area contributed by atoms with Gasteiger partial charge in [-0.3, -0.25) is 9.59 Å². The largest absolute Gasteiger partial charge is 0.497 e. The van der Waals surface area contributed by atoms with Crippen LogP contribution in [0.5, 0.6) is 5.75 Å². The number of rotatable bonds is 5. The molecule has 1 atom stereocenters. The lowest BCUT2D eigenvalue weighted by molar-refractivity contribution is -0.148. The molecule has 6 heteroatoms. The van der Waals surface area contributed by atoms with E-state index in [1.54, 1.807) is 18.9 Å². The Morgan fingerprint density at radius 3 is 2.70 bits per heavy atom. The topological polar surface area (TPSA) is 55.8 Å². The van der Waals surface area contributed by atoms with Crippen LogP contribution in [-0.2, 0) is 14.3 Å². The minimum atomic E-state index is -0.373. The first kappa shape index (κ1) is 14.7. The van der Waals surface area contributed by atoms with E-state index in [-0.39, 0.29) is 23.8 Å². The van der Waals surface area contributed by atoms with Crippen molar-refractivity contribution in [1.29, 1.82) is 0 Å². The highest BCUT2D eigenvalue weighted by molar-refractivity contribution is 8.00. The Kier molecular flexibility index (Phi) is 4.89. The number of carbonyl (C=O) groups is 2. The van der Waals surface area contributed by atoms with Gasteiger partial charge in [-0.15, -0.1) is 11.8 Å². The van der Waals surface area contributed by atoms with Crippen LogP contribution in [0.15, 0.2) is 24.3 Å². The molecule has 0 N–H and O–H groups in total. The van der Waals surface area contributed by atoms with Crippen molar-refractivity contribution in [3.8, 4) is 5.75 Å². The predicted molar refractivity (Wildman–Crippen MR) is 76.5 cm³/mol. The molecule has 1 aromatic carbocycles. The molecule has 0 spiro atoms. The van der Waals surface area contributed by atoms with Crippen molar-refractivity contribution in [3.63, 3.8) is 0 Å². The number of nitrogens with zero attached hydrogens (tertiary/aromatic N) is 1. The van der Waals surface area contributed by atoms with Gasteiger partial charge in [0, 0.05) is 0 Å². The number of methoxy groups -OCH3 is 1. The van der Waals surface area contributed by atoms with Gasteiger partial charge in [-0.2, -0.15) is 0 Å². The van der Waals surface area contributed by atoms with Gasteiger partial charge in [-0.1, -0.05) is 12.1 Å². The monoisotopic (exact) mass is 295 g/mol. The first-order valence-corrected chi connectivity index (χ1v) is 7.41. The summed E-state index contributed by atoms with van der Waals surface area (Å²) in [6.07, 6.45) is 0. The van der Waals surface area contributed by atoms with Gasteiger partial charge in [0.2, 0.25) is 5.91 Å². The van der Waals surface area contributed by atoms with Gasteiger partial charge < -0.3 is 14.4 Å². The number of hydrogen-bond acceptors (Lipinski definition) is 5. The summed E-state index contributed by atoms with van der Waals surface area (Å²) in [7, 11) is 1.61. The molecule has 1 saturated heterocycles. The van der Waals surface area contributed by atoms with E-state index in [1.165, 1.54) is 11.8 Å². The van der Waals surface area contributed by atoms with Crippen molar-refractivity contribution in [2.24, 2.45) is 0 Å². The Morgan fingerprint density at radius 1 is 1.40 bits per heavy atom. The van der Waals surface area contributed by atoms with E-state index in [0.717, 1.165) is 11.3 Å². The van der Waals surface area contributed by atoms with Gasteiger partial charge >= 0.3 is 5.97 Å². The molecule has 0 aliphatic carbocycles. The van der Waals surface area contributed by atoms with Gasteiger partial charge in [0.15, 0.2) is 0 Å². The maximum Gasteiger partial charge on any atom is 0.325 e. The summed E-state index contributed by atoms with van der Waals surface area (Å²) in [6, 6.07) is 7.52. The molecule has 1 amide bonds. The van der Waals surface area contributed by atoms with Crippen LogP contribution in [0.1, 0.15) is 17.9 Å². The normalized spacial score (nSPS) is 18.2. The van der Waals surface area contributed by atoms with E-state index in [2.05, 4.69) is 0 Å². The predicted octanol–water partition coefficient (Wildman–Crippen LogP) is 1.83. The fourth-order valence-corrected chi connectivity index (χ4v) is 3.20. The summed E-state index contributed by atoms with van der Waals surface area (Å²) in [6.45, 7) is 2.07. The summed E-state index contributed by atoms with van der Waals surface area (Å²) in [5, 5.41) is -0.141. The molecule has 1 unspecified atom stereocenters. The molecule has 20 heavy (non-hydrogen) atoms. The summed E-state index contributed by atoms with van der Waals surface area (Å²) in [4.78, 5) is 25.0. The Labute approximate surface area is 122 Å². The van der Waals surface area contributed by atoms with Gasteiger partial charge in [0.05, 0.1) is 19.5 Å². The van der Waals surface area contributed by atoms with Crippen molar-refractivity contribution in [1.82, 2.24) is 4.90 Å². The van der Waals surface area contributed by atoms with Gasteiger partial charge in [-0.05, 0) is 24.6 Å². The van der Waals surface area contributed by atoms with E-state index in [4.69, 9.17) is 9.47 Å². The van der Waals surface area contributed by atoms with E-state index >= 15 is 0 Å². The molecule has 5 nitrogen and oxygen atoms in total. The lowest BCUT2D eigenvalue weighted by atomic mass is 10.2. The van der Waals surface area contributed by atoms with Gasteiger partial charge in [0.25, 0.3) is 0 Å². The quantitative estimate of drug-likeness (QED) is 0.776. The van der Waals surface area contributed by atoms with Crippen molar-refractivity contribution < 1.29 is 19.1 Å². The zero-order chi connectivity index (χ0) is 14.5. The van der Waals surface area contributed by atoms with Crippen molar-refractivity contribution >= 4 is 23.6 Å². The Bertz CT molecular complexity index is 488. The van der Waals surface area contributed by atoms with Crippen LogP contribution in [0.25, 0.3) is 0 Å². The molecule has 2 rings (SSSR count). The van der Waals surface area contributed by atoms with Crippen LogP contribution >= 0.6 is 11.8 Å². The number of thioether (sulfide) groups is 1. The summed E-state index contributed by atoms with van der Waals surface area (Å²) >= 11 is 1.51. The first-order valence-electron chi connectivity index (χ1n) is 6.36. The molecule has 1 aliphatic heterocycles. The van der Waals surface area contributed by atoms with Crippen molar-refractivity contribution in [3.05, 3.63) is 29.8 Å². The van der Waals surface area contributed by atoms with Crippen LogP contribution in [0, 0.1) is 0 Å².